The van der Waals surface area contributed by atoms with Crippen LogP contribution in [0.3, 0.4) is 0 Å². The average Bonchev–Trinajstić information content (AvgIpc) is 2.48. The molecule has 0 amide bonds. The molecule has 2 rings (SSSR count). The minimum absolute atomic E-state index is 0.101. The van der Waals surface area contributed by atoms with Gasteiger partial charge in [-0.3, -0.25) is 0 Å². The summed E-state index contributed by atoms with van der Waals surface area (Å²) in [7, 11) is 3.08. The highest BCUT2D eigenvalue weighted by atomic mass is 35.5. The number of anilines is 1. The molecule has 0 aromatic heterocycles. The van der Waals surface area contributed by atoms with Gasteiger partial charge in [0.15, 0.2) is 0 Å². The van der Waals surface area contributed by atoms with Gasteiger partial charge in [-0.2, -0.15) is 0 Å². The van der Waals surface area contributed by atoms with Crippen molar-refractivity contribution < 1.29 is 13.9 Å². The molecular formula is C15H14Cl2FNO2. The largest absolute Gasteiger partial charge is 0.495 e. The SMILES string of the molecule is COc1cc(NCc2ccc(Cl)c(F)c2)c(OC)cc1Cl. The van der Waals surface area contributed by atoms with Crippen LogP contribution >= 0.6 is 23.2 Å². The molecule has 0 aliphatic heterocycles. The Morgan fingerprint density at radius 3 is 2.33 bits per heavy atom. The molecule has 0 heterocycles. The monoisotopic (exact) mass is 329 g/mol. The maximum Gasteiger partial charge on any atom is 0.143 e. The summed E-state index contributed by atoms with van der Waals surface area (Å²) >= 11 is 11.7. The van der Waals surface area contributed by atoms with Gasteiger partial charge >= 0.3 is 0 Å². The lowest BCUT2D eigenvalue weighted by molar-refractivity contribution is 0.404. The van der Waals surface area contributed by atoms with E-state index in [1.165, 1.54) is 19.2 Å². The third kappa shape index (κ3) is 3.71. The second kappa shape index (κ2) is 6.87. The number of methoxy groups -OCH3 is 2. The molecule has 3 nitrogen and oxygen atoms in total. The third-order valence-electron chi connectivity index (χ3n) is 2.94. The highest BCUT2D eigenvalue weighted by Crippen LogP contribution is 2.36. The summed E-state index contributed by atoms with van der Waals surface area (Å²) in [4.78, 5) is 0. The molecule has 2 aromatic carbocycles. The van der Waals surface area contributed by atoms with Crippen LogP contribution in [0.2, 0.25) is 10.0 Å². The summed E-state index contributed by atoms with van der Waals surface area (Å²) < 4.78 is 23.8. The summed E-state index contributed by atoms with van der Waals surface area (Å²) in [5, 5.41) is 3.71. The predicted molar refractivity (Wildman–Crippen MR) is 83.3 cm³/mol. The van der Waals surface area contributed by atoms with E-state index >= 15 is 0 Å². The van der Waals surface area contributed by atoms with Gasteiger partial charge < -0.3 is 14.8 Å². The first-order valence-corrected chi connectivity index (χ1v) is 6.90. The maximum absolute atomic E-state index is 13.4. The quantitative estimate of drug-likeness (QED) is 0.857. The topological polar surface area (TPSA) is 30.5 Å². The number of ether oxygens (including phenoxy) is 2. The van der Waals surface area contributed by atoms with Crippen molar-refractivity contribution in [1.29, 1.82) is 0 Å². The molecule has 1 N–H and O–H groups in total. The van der Waals surface area contributed by atoms with Crippen LogP contribution in [0.25, 0.3) is 0 Å². The highest BCUT2D eigenvalue weighted by molar-refractivity contribution is 6.32. The van der Waals surface area contributed by atoms with Gasteiger partial charge in [-0.25, -0.2) is 4.39 Å². The van der Waals surface area contributed by atoms with Crippen LogP contribution in [-0.2, 0) is 6.54 Å². The number of halogens is 3. The van der Waals surface area contributed by atoms with Crippen LogP contribution < -0.4 is 14.8 Å². The van der Waals surface area contributed by atoms with Gasteiger partial charge in [0.2, 0.25) is 0 Å². The molecule has 0 fully saturated rings. The van der Waals surface area contributed by atoms with E-state index in [4.69, 9.17) is 32.7 Å². The van der Waals surface area contributed by atoms with E-state index in [1.54, 1.807) is 25.3 Å². The zero-order valence-corrected chi connectivity index (χ0v) is 13.1. The Balaban J connectivity index is 2.20. The standard InChI is InChI=1S/C15H14Cl2FNO2/c1-20-14-7-13(15(21-2)6-11(14)17)19-8-9-3-4-10(16)12(18)5-9/h3-7,19H,8H2,1-2H3. The van der Waals surface area contributed by atoms with Crippen molar-refractivity contribution in [2.45, 2.75) is 6.54 Å². The molecule has 0 saturated heterocycles. The Hall–Kier alpha value is -1.65. The zero-order valence-electron chi connectivity index (χ0n) is 11.5. The molecule has 0 unspecified atom stereocenters. The molecule has 0 saturated carbocycles. The van der Waals surface area contributed by atoms with E-state index in [0.717, 1.165) is 5.56 Å². The van der Waals surface area contributed by atoms with E-state index < -0.39 is 5.82 Å². The van der Waals surface area contributed by atoms with Crippen molar-refractivity contribution in [1.82, 2.24) is 0 Å². The van der Waals surface area contributed by atoms with Gasteiger partial charge in [-0.1, -0.05) is 29.3 Å². The Kier molecular flexibility index (Phi) is 5.15. The van der Waals surface area contributed by atoms with Crippen LogP contribution in [0, 0.1) is 5.82 Å². The Labute approximate surface area is 132 Å². The van der Waals surface area contributed by atoms with Crippen molar-refractivity contribution in [3.05, 3.63) is 51.8 Å². The van der Waals surface area contributed by atoms with Crippen LogP contribution in [-0.4, -0.2) is 14.2 Å². The summed E-state index contributed by atoms with van der Waals surface area (Å²) in [5.41, 5.74) is 1.46. The molecule has 0 aliphatic carbocycles. The lowest BCUT2D eigenvalue weighted by Gasteiger charge is -2.14. The van der Waals surface area contributed by atoms with Gasteiger partial charge in [0, 0.05) is 18.7 Å². The summed E-state index contributed by atoms with van der Waals surface area (Å²) in [6.07, 6.45) is 0. The van der Waals surface area contributed by atoms with Gasteiger partial charge in [0.05, 0.1) is 30.0 Å². The zero-order chi connectivity index (χ0) is 15.4. The molecular weight excluding hydrogens is 316 g/mol. The molecule has 0 atom stereocenters. The smallest absolute Gasteiger partial charge is 0.143 e. The second-order valence-corrected chi connectivity index (χ2v) is 5.10. The number of rotatable bonds is 5. The molecule has 0 aliphatic rings. The fourth-order valence-electron chi connectivity index (χ4n) is 1.85. The van der Waals surface area contributed by atoms with Crippen molar-refractivity contribution in [2.24, 2.45) is 0 Å². The van der Waals surface area contributed by atoms with Gasteiger partial charge in [0.1, 0.15) is 17.3 Å². The Morgan fingerprint density at radius 2 is 1.71 bits per heavy atom. The molecule has 2 aromatic rings. The van der Waals surface area contributed by atoms with Gasteiger partial charge in [-0.15, -0.1) is 0 Å². The lowest BCUT2D eigenvalue weighted by Crippen LogP contribution is -2.02. The first-order chi connectivity index (χ1) is 10.0. The number of hydrogen-bond donors (Lipinski definition) is 1. The molecule has 0 bridgehead atoms. The Morgan fingerprint density at radius 1 is 1.00 bits per heavy atom. The minimum atomic E-state index is -0.448. The van der Waals surface area contributed by atoms with Crippen LogP contribution in [0.1, 0.15) is 5.56 Å². The fraction of sp³-hybridized carbons (Fsp3) is 0.200. The first kappa shape index (κ1) is 15.7. The lowest BCUT2D eigenvalue weighted by atomic mass is 10.2. The van der Waals surface area contributed by atoms with Crippen molar-refractivity contribution in [3.63, 3.8) is 0 Å². The van der Waals surface area contributed by atoms with Crippen LogP contribution in [0.5, 0.6) is 11.5 Å². The summed E-state index contributed by atoms with van der Waals surface area (Å²) in [6.45, 7) is 0.412. The van der Waals surface area contributed by atoms with Crippen molar-refractivity contribution >= 4 is 28.9 Å². The fourth-order valence-corrected chi connectivity index (χ4v) is 2.19. The molecule has 112 valence electrons. The number of hydrogen-bond acceptors (Lipinski definition) is 3. The summed E-state index contributed by atoms with van der Waals surface area (Å²) in [5.74, 6) is 0.661. The maximum atomic E-state index is 13.4. The average molecular weight is 330 g/mol. The third-order valence-corrected chi connectivity index (χ3v) is 3.54. The van der Waals surface area contributed by atoms with Crippen molar-refractivity contribution in [3.8, 4) is 11.5 Å². The molecule has 0 spiro atoms. The highest BCUT2D eigenvalue weighted by Gasteiger charge is 2.10. The number of nitrogens with one attached hydrogen (secondary N) is 1. The minimum Gasteiger partial charge on any atom is -0.495 e. The van der Waals surface area contributed by atoms with Crippen molar-refractivity contribution in [2.75, 3.05) is 19.5 Å². The van der Waals surface area contributed by atoms with E-state index in [1.807, 2.05) is 0 Å². The first-order valence-electron chi connectivity index (χ1n) is 6.14. The Bertz CT molecular complexity index is 650. The van der Waals surface area contributed by atoms with Gasteiger partial charge in [-0.05, 0) is 17.7 Å². The van der Waals surface area contributed by atoms with E-state index in [9.17, 15) is 4.39 Å². The second-order valence-electron chi connectivity index (χ2n) is 4.29. The van der Waals surface area contributed by atoms with E-state index in [2.05, 4.69) is 5.32 Å². The molecule has 0 radical (unpaired) electrons. The molecule has 6 heteroatoms. The van der Waals surface area contributed by atoms with Crippen LogP contribution in [0.4, 0.5) is 10.1 Å². The number of benzene rings is 2. The summed E-state index contributed by atoms with van der Waals surface area (Å²) in [6, 6.07) is 8.04. The predicted octanol–water partition coefficient (Wildman–Crippen LogP) is 4.76. The van der Waals surface area contributed by atoms with E-state index in [-0.39, 0.29) is 5.02 Å². The van der Waals surface area contributed by atoms with Crippen LogP contribution in [0.15, 0.2) is 30.3 Å². The van der Waals surface area contributed by atoms with Gasteiger partial charge in [0.25, 0.3) is 0 Å². The van der Waals surface area contributed by atoms with E-state index in [0.29, 0.717) is 28.8 Å². The normalized spacial score (nSPS) is 10.3. The molecule has 21 heavy (non-hydrogen) atoms.